The largest absolute Gasteiger partial charge is 0.394 e. The van der Waals surface area contributed by atoms with Gasteiger partial charge in [0.2, 0.25) is 0 Å². The Morgan fingerprint density at radius 2 is 1.71 bits per heavy atom. The predicted octanol–water partition coefficient (Wildman–Crippen LogP) is 2.95. The molecule has 122 valence electrons. The fourth-order valence-corrected chi connectivity index (χ4v) is 9.03. The minimum absolute atomic E-state index is 0.0717. The maximum Gasteiger partial charge on any atom is 0.146 e. The summed E-state index contributed by atoms with van der Waals surface area (Å²) in [4.78, 5) is 0. The Hall–Kier alpha value is -0.343. The molecule has 0 saturated carbocycles. The lowest BCUT2D eigenvalue weighted by Gasteiger charge is -2.38. The van der Waals surface area contributed by atoms with E-state index in [1.807, 2.05) is 0 Å². The zero-order valence-electron chi connectivity index (χ0n) is 14.6. The molecule has 0 radical (unpaired) electrons. The fourth-order valence-electron chi connectivity index (χ4n) is 3.74. The molecule has 1 saturated heterocycles. The monoisotopic (exact) mass is 311 g/mol. The summed E-state index contributed by atoms with van der Waals surface area (Å²) in [5.74, 6) is 3.38. The average molecular weight is 312 g/mol. The van der Waals surface area contributed by atoms with Crippen LogP contribution in [0.5, 0.6) is 0 Å². The third kappa shape index (κ3) is 4.56. The summed E-state index contributed by atoms with van der Waals surface area (Å²) in [6, 6.07) is 0.212. The maximum absolute atomic E-state index is 9.61. The molecule has 0 spiro atoms. The molecule has 1 rings (SSSR count). The summed E-state index contributed by atoms with van der Waals surface area (Å²) >= 11 is 0. The Balaban J connectivity index is 2.90. The van der Waals surface area contributed by atoms with E-state index >= 15 is 0 Å². The lowest BCUT2D eigenvalue weighted by Crippen LogP contribution is -2.45. The summed E-state index contributed by atoms with van der Waals surface area (Å²) in [6.45, 7) is 15.5. The van der Waals surface area contributed by atoms with Gasteiger partial charge in [0.25, 0.3) is 0 Å². The molecule has 2 N–H and O–H groups in total. The van der Waals surface area contributed by atoms with E-state index in [0.29, 0.717) is 22.7 Å². The third-order valence-corrected chi connectivity index (χ3v) is 11.2. The van der Waals surface area contributed by atoms with Crippen molar-refractivity contribution >= 4 is 8.07 Å². The molecule has 0 aromatic rings. The molecule has 0 aromatic carbocycles. The minimum atomic E-state index is -1.71. The first-order valence-electron chi connectivity index (χ1n) is 8.31. The Morgan fingerprint density at radius 1 is 1.14 bits per heavy atom. The first kappa shape index (κ1) is 18.7. The van der Waals surface area contributed by atoms with Crippen molar-refractivity contribution in [1.29, 1.82) is 0 Å². The van der Waals surface area contributed by atoms with Crippen molar-refractivity contribution in [1.82, 2.24) is 5.32 Å². The van der Waals surface area contributed by atoms with Crippen molar-refractivity contribution in [2.24, 2.45) is 0 Å². The van der Waals surface area contributed by atoms with Crippen LogP contribution in [0.1, 0.15) is 48.0 Å². The van der Waals surface area contributed by atoms with Crippen molar-refractivity contribution in [3.63, 3.8) is 0 Å². The highest BCUT2D eigenvalue weighted by Gasteiger charge is 2.41. The van der Waals surface area contributed by atoms with Gasteiger partial charge < -0.3 is 9.84 Å². The van der Waals surface area contributed by atoms with Crippen molar-refractivity contribution in [3.05, 3.63) is 0 Å². The van der Waals surface area contributed by atoms with E-state index in [-0.39, 0.29) is 12.6 Å². The molecule has 0 amide bonds. The molecule has 2 atom stereocenters. The summed E-state index contributed by atoms with van der Waals surface area (Å²) < 4.78 is 5.38. The van der Waals surface area contributed by atoms with Crippen molar-refractivity contribution in [3.8, 4) is 11.5 Å². The predicted molar refractivity (Wildman–Crippen MR) is 92.1 cm³/mol. The Kier molecular flexibility index (Phi) is 7.42. The molecular weight excluding hydrogens is 278 g/mol. The van der Waals surface area contributed by atoms with Gasteiger partial charge >= 0.3 is 0 Å². The standard InChI is InChI=1S/C17H33NO2Si/c1-13(2)21(14(3)4,15(5)6)10-8-16(11-19)18-17-7-9-20-12-17/h13-19H,7,9,11-12H2,1-6H3/t16-,17?/m0/s1. The first-order valence-corrected chi connectivity index (χ1v) is 10.5. The van der Waals surface area contributed by atoms with Crippen LogP contribution in [0.2, 0.25) is 16.6 Å². The molecule has 1 heterocycles. The molecule has 1 aliphatic rings. The van der Waals surface area contributed by atoms with Gasteiger partial charge in [0.05, 0.1) is 19.3 Å². The van der Waals surface area contributed by atoms with Crippen LogP contribution >= 0.6 is 0 Å². The highest BCUT2D eigenvalue weighted by atomic mass is 28.3. The van der Waals surface area contributed by atoms with Gasteiger partial charge in [-0.1, -0.05) is 47.5 Å². The minimum Gasteiger partial charge on any atom is -0.394 e. The third-order valence-electron chi connectivity index (χ3n) is 4.88. The molecule has 0 aliphatic carbocycles. The highest BCUT2D eigenvalue weighted by Crippen LogP contribution is 2.40. The van der Waals surface area contributed by atoms with E-state index in [9.17, 15) is 5.11 Å². The second-order valence-electron chi connectivity index (χ2n) is 7.13. The maximum atomic E-state index is 9.61. The normalized spacial score (nSPS) is 21.0. The summed E-state index contributed by atoms with van der Waals surface area (Å²) in [6.07, 6.45) is 1.01. The van der Waals surface area contributed by atoms with E-state index in [2.05, 4.69) is 58.3 Å². The molecule has 1 aliphatic heterocycles. The summed E-state index contributed by atoms with van der Waals surface area (Å²) in [7, 11) is -1.71. The van der Waals surface area contributed by atoms with Gasteiger partial charge in [0, 0.05) is 12.6 Å². The molecule has 1 fully saturated rings. The van der Waals surface area contributed by atoms with E-state index in [4.69, 9.17) is 4.74 Å². The van der Waals surface area contributed by atoms with Crippen LogP contribution in [0.25, 0.3) is 0 Å². The second-order valence-corrected chi connectivity index (χ2v) is 12.7. The average Bonchev–Trinajstić information content (AvgIpc) is 2.89. The quantitative estimate of drug-likeness (QED) is 0.585. The molecule has 4 heteroatoms. The molecular formula is C17H33NO2Si. The Labute approximate surface area is 131 Å². The first-order chi connectivity index (χ1) is 9.84. The second kappa shape index (κ2) is 8.33. The number of hydrogen-bond acceptors (Lipinski definition) is 3. The van der Waals surface area contributed by atoms with Gasteiger partial charge in [-0.2, -0.15) is 0 Å². The van der Waals surface area contributed by atoms with Gasteiger partial charge in [-0.05, 0) is 23.0 Å². The van der Waals surface area contributed by atoms with E-state index in [1.54, 1.807) is 0 Å². The Bertz CT molecular complexity index is 343. The zero-order valence-corrected chi connectivity index (χ0v) is 15.6. The van der Waals surface area contributed by atoms with Crippen LogP contribution in [0.3, 0.4) is 0 Å². The fraction of sp³-hybridized carbons (Fsp3) is 0.882. The number of aliphatic hydroxyl groups excluding tert-OH is 1. The molecule has 3 nitrogen and oxygen atoms in total. The zero-order chi connectivity index (χ0) is 16.0. The summed E-state index contributed by atoms with van der Waals surface area (Å²) in [5, 5.41) is 13.0. The SMILES string of the molecule is CC(C)[Si](C#C[C@@H](CO)NC1CCOC1)(C(C)C)C(C)C. The smallest absolute Gasteiger partial charge is 0.146 e. The number of hydrogen-bond donors (Lipinski definition) is 2. The number of ether oxygens (including phenoxy) is 1. The van der Waals surface area contributed by atoms with E-state index < -0.39 is 8.07 Å². The van der Waals surface area contributed by atoms with Gasteiger partial charge in [0.15, 0.2) is 0 Å². The topological polar surface area (TPSA) is 41.5 Å². The van der Waals surface area contributed by atoms with Gasteiger partial charge in [-0.25, -0.2) is 0 Å². The van der Waals surface area contributed by atoms with E-state index in [0.717, 1.165) is 19.6 Å². The van der Waals surface area contributed by atoms with Gasteiger partial charge in [-0.3, -0.25) is 5.32 Å². The lowest BCUT2D eigenvalue weighted by molar-refractivity contribution is 0.185. The lowest BCUT2D eigenvalue weighted by atomic mass is 10.2. The number of rotatable bonds is 6. The molecule has 1 unspecified atom stereocenters. The number of aliphatic hydroxyl groups is 1. The van der Waals surface area contributed by atoms with Gasteiger partial charge in [-0.15, -0.1) is 5.54 Å². The van der Waals surface area contributed by atoms with Crippen LogP contribution in [0.4, 0.5) is 0 Å². The van der Waals surface area contributed by atoms with Crippen molar-refractivity contribution in [2.45, 2.75) is 76.7 Å². The van der Waals surface area contributed by atoms with Gasteiger partial charge in [0.1, 0.15) is 8.07 Å². The highest BCUT2D eigenvalue weighted by molar-refractivity contribution is 6.90. The summed E-state index contributed by atoms with van der Waals surface area (Å²) in [5.41, 5.74) is 5.55. The number of nitrogens with one attached hydrogen (secondary N) is 1. The molecule has 0 aromatic heterocycles. The van der Waals surface area contributed by atoms with Crippen molar-refractivity contribution < 1.29 is 9.84 Å². The van der Waals surface area contributed by atoms with E-state index in [1.165, 1.54) is 0 Å². The van der Waals surface area contributed by atoms with Crippen LogP contribution in [-0.4, -0.2) is 45.1 Å². The molecule has 0 bridgehead atoms. The van der Waals surface area contributed by atoms with Crippen LogP contribution in [-0.2, 0) is 4.74 Å². The molecule has 21 heavy (non-hydrogen) atoms. The van der Waals surface area contributed by atoms with Crippen LogP contribution in [0.15, 0.2) is 0 Å². The van der Waals surface area contributed by atoms with Crippen LogP contribution < -0.4 is 5.32 Å². The van der Waals surface area contributed by atoms with Crippen LogP contribution in [0, 0.1) is 11.5 Å². The van der Waals surface area contributed by atoms with Crippen molar-refractivity contribution in [2.75, 3.05) is 19.8 Å². The Morgan fingerprint density at radius 3 is 2.10 bits per heavy atom.